The molecule has 0 N–H and O–H groups in total. The van der Waals surface area contributed by atoms with E-state index in [1.807, 2.05) is 12.1 Å². The Hall–Kier alpha value is -1.70. The fourth-order valence-electron chi connectivity index (χ4n) is 6.18. The van der Waals surface area contributed by atoms with Crippen LogP contribution in [0.2, 0.25) is 5.04 Å². The fraction of sp³-hybridized carbons (Fsp3) is 0.613. The Balaban J connectivity index is 1.66. The van der Waals surface area contributed by atoms with Crippen molar-refractivity contribution in [3.8, 4) is 0 Å². The Morgan fingerprint density at radius 1 is 0.610 bits per heavy atom. The van der Waals surface area contributed by atoms with Crippen molar-refractivity contribution in [1.82, 2.24) is 0 Å². The summed E-state index contributed by atoms with van der Waals surface area (Å²) in [5, 5.41) is 2.18. The highest BCUT2D eigenvalue weighted by Gasteiger charge is 2.55. The number of hydrogen-bond acceptors (Lipinski definition) is 9. The molecule has 2 aromatic carbocycles. The second-order valence-electron chi connectivity index (χ2n) is 11.5. The Morgan fingerprint density at radius 2 is 1.10 bits per heavy atom. The smallest absolute Gasteiger partial charge is 0.261 e. The third kappa shape index (κ3) is 6.47. The quantitative estimate of drug-likeness (QED) is 0.327. The number of methoxy groups -OCH3 is 5. The van der Waals surface area contributed by atoms with Crippen LogP contribution in [0.3, 0.4) is 0 Å². The van der Waals surface area contributed by atoms with Gasteiger partial charge in [0.2, 0.25) is 0 Å². The maximum Gasteiger partial charge on any atom is 0.261 e. The zero-order chi connectivity index (χ0) is 29.6. The molecule has 0 aromatic heterocycles. The van der Waals surface area contributed by atoms with Gasteiger partial charge in [0.25, 0.3) is 8.32 Å². The summed E-state index contributed by atoms with van der Waals surface area (Å²) in [6, 6.07) is 21.0. The van der Waals surface area contributed by atoms with Gasteiger partial charge in [-0.2, -0.15) is 0 Å². The first kappa shape index (κ1) is 32.2. The molecular formula is C31H46O9Si. The lowest BCUT2D eigenvalue weighted by Crippen LogP contribution is -2.67. The molecule has 0 spiro atoms. The maximum atomic E-state index is 7.19. The van der Waals surface area contributed by atoms with Crippen LogP contribution in [-0.2, 0) is 42.3 Å². The number of rotatable bonds is 13. The minimum absolute atomic E-state index is 0.194. The minimum Gasteiger partial charge on any atom is -0.405 e. The molecule has 0 aliphatic carbocycles. The molecule has 8 atom stereocenters. The highest BCUT2D eigenvalue weighted by Crippen LogP contribution is 2.39. The van der Waals surface area contributed by atoms with E-state index in [1.165, 1.54) is 10.4 Å². The Bertz CT molecular complexity index is 1010. The molecule has 10 heteroatoms. The molecule has 41 heavy (non-hydrogen) atoms. The van der Waals surface area contributed by atoms with Crippen LogP contribution in [0.25, 0.3) is 0 Å². The summed E-state index contributed by atoms with van der Waals surface area (Å²) in [6.07, 6.45) is -4.16. The van der Waals surface area contributed by atoms with Gasteiger partial charge in [-0.3, -0.25) is 0 Å². The van der Waals surface area contributed by atoms with Gasteiger partial charge in [0.05, 0.1) is 13.2 Å². The lowest BCUT2D eigenvalue weighted by atomic mass is 10.1. The zero-order valence-corrected chi connectivity index (χ0v) is 26.5. The molecule has 9 nitrogen and oxygen atoms in total. The summed E-state index contributed by atoms with van der Waals surface area (Å²) >= 11 is 0. The van der Waals surface area contributed by atoms with Crippen molar-refractivity contribution < 1.29 is 42.3 Å². The molecule has 0 saturated carbocycles. The first-order valence-electron chi connectivity index (χ1n) is 14.1. The average molecular weight is 591 g/mol. The van der Waals surface area contributed by atoms with Crippen LogP contribution in [0.1, 0.15) is 20.8 Å². The molecule has 0 bridgehead atoms. The molecule has 228 valence electrons. The van der Waals surface area contributed by atoms with E-state index in [2.05, 4.69) is 69.3 Å². The molecule has 2 aromatic rings. The lowest BCUT2D eigenvalue weighted by molar-refractivity contribution is -0.221. The maximum absolute atomic E-state index is 7.19. The van der Waals surface area contributed by atoms with Gasteiger partial charge >= 0.3 is 0 Å². The van der Waals surface area contributed by atoms with E-state index in [0.29, 0.717) is 6.61 Å². The zero-order valence-electron chi connectivity index (χ0n) is 25.5. The van der Waals surface area contributed by atoms with E-state index in [4.69, 9.17) is 42.3 Å². The molecule has 2 aliphatic heterocycles. The average Bonchev–Trinajstić information content (AvgIpc) is 3.50. The van der Waals surface area contributed by atoms with Crippen molar-refractivity contribution in [2.24, 2.45) is 0 Å². The van der Waals surface area contributed by atoms with Crippen LogP contribution >= 0.6 is 0 Å². The Morgan fingerprint density at radius 3 is 1.56 bits per heavy atom. The van der Waals surface area contributed by atoms with Crippen molar-refractivity contribution in [1.29, 1.82) is 0 Å². The first-order chi connectivity index (χ1) is 19.7. The van der Waals surface area contributed by atoms with Gasteiger partial charge in [-0.15, -0.1) is 0 Å². The van der Waals surface area contributed by atoms with Crippen molar-refractivity contribution in [3.63, 3.8) is 0 Å². The van der Waals surface area contributed by atoms with E-state index >= 15 is 0 Å². The normalized spacial score (nSPS) is 30.6. The Labute approximate surface area is 245 Å². The van der Waals surface area contributed by atoms with Crippen LogP contribution in [0.5, 0.6) is 0 Å². The molecular weight excluding hydrogens is 544 g/mol. The predicted octanol–water partition coefficient (Wildman–Crippen LogP) is 2.74. The van der Waals surface area contributed by atoms with Gasteiger partial charge in [-0.05, 0) is 15.4 Å². The number of ether oxygens (including phenoxy) is 8. The Kier molecular flexibility index (Phi) is 11.1. The monoisotopic (exact) mass is 590 g/mol. The van der Waals surface area contributed by atoms with Gasteiger partial charge < -0.3 is 42.3 Å². The van der Waals surface area contributed by atoms with E-state index in [1.54, 1.807) is 35.5 Å². The third-order valence-electron chi connectivity index (χ3n) is 8.09. The second kappa shape index (κ2) is 14.2. The van der Waals surface area contributed by atoms with Crippen LogP contribution in [-0.4, -0.2) is 106 Å². The minimum atomic E-state index is -2.82. The van der Waals surface area contributed by atoms with Crippen LogP contribution < -0.4 is 10.4 Å². The van der Waals surface area contributed by atoms with E-state index in [-0.39, 0.29) is 23.9 Å². The van der Waals surface area contributed by atoms with Gasteiger partial charge in [0.15, 0.2) is 12.6 Å². The van der Waals surface area contributed by atoms with Gasteiger partial charge in [0.1, 0.15) is 36.6 Å². The second-order valence-corrected chi connectivity index (χ2v) is 15.8. The highest BCUT2D eigenvalue weighted by molar-refractivity contribution is 6.99. The highest BCUT2D eigenvalue weighted by atomic mass is 28.4. The van der Waals surface area contributed by atoms with Crippen LogP contribution in [0.15, 0.2) is 60.7 Å². The molecule has 2 saturated heterocycles. The molecule has 0 radical (unpaired) electrons. The van der Waals surface area contributed by atoms with Crippen molar-refractivity contribution in [3.05, 3.63) is 60.7 Å². The molecule has 0 unspecified atom stereocenters. The summed E-state index contributed by atoms with van der Waals surface area (Å²) in [6.45, 7) is 7.34. The van der Waals surface area contributed by atoms with Crippen molar-refractivity contribution in [2.75, 3.05) is 48.8 Å². The van der Waals surface area contributed by atoms with E-state index in [0.717, 1.165) is 0 Å². The topological polar surface area (TPSA) is 83.1 Å². The SMILES string of the molecule is COC[C@H]1O[C@H](O[C@H]2[C@H](OC)[C@@H](OC)O[C@@H]2CO[Si](c2ccccc2)(c2ccccc2)C(C)(C)C)[C@@H](OC)[C@@H]1OC. The molecule has 4 rings (SSSR count). The molecule has 2 aliphatic rings. The summed E-state index contributed by atoms with van der Waals surface area (Å²) < 4.78 is 54.8. The lowest BCUT2D eigenvalue weighted by Gasteiger charge is -2.43. The summed E-state index contributed by atoms with van der Waals surface area (Å²) in [5.41, 5.74) is 0. The predicted molar refractivity (Wildman–Crippen MR) is 157 cm³/mol. The number of benzene rings is 2. The van der Waals surface area contributed by atoms with E-state index in [9.17, 15) is 0 Å². The van der Waals surface area contributed by atoms with Crippen molar-refractivity contribution in [2.45, 2.75) is 75.0 Å². The van der Waals surface area contributed by atoms with Gasteiger partial charge in [0, 0.05) is 35.5 Å². The molecule has 2 heterocycles. The van der Waals surface area contributed by atoms with Gasteiger partial charge in [-0.25, -0.2) is 0 Å². The summed E-state index contributed by atoms with van der Waals surface area (Å²) in [5.74, 6) is 0. The molecule has 0 amide bonds. The van der Waals surface area contributed by atoms with E-state index < -0.39 is 45.3 Å². The van der Waals surface area contributed by atoms with Crippen molar-refractivity contribution >= 4 is 18.7 Å². The summed E-state index contributed by atoms with van der Waals surface area (Å²) in [7, 11) is 5.26. The van der Waals surface area contributed by atoms with Gasteiger partial charge in [-0.1, -0.05) is 81.4 Å². The first-order valence-corrected chi connectivity index (χ1v) is 16.0. The largest absolute Gasteiger partial charge is 0.405 e. The number of hydrogen-bond donors (Lipinski definition) is 0. The fourth-order valence-corrected chi connectivity index (χ4v) is 10.8. The molecule has 2 fully saturated rings. The van der Waals surface area contributed by atoms with Crippen LogP contribution in [0.4, 0.5) is 0 Å². The summed E-state index contributed by atoms with van der Waals surface area (Å²) in [4.78, 5) is 0. The standard InChI is InChI=1S/C31H46O9Si/c1-31(2,3)41(21-15-11-9-12-16-21,22-17-13-10-14-18-22)37-20-24-26(28(35-7)29(36-8)38-24)40-30-27(34-6)25(33-5)23(39-30)19-32-4/h9-18,23-30H,19-20H2,1-8H3/t23-,24-,25-,26-,27+,28+,29+,30-/m1/s1. The van der Waals surface area contributed by atoms with Crippen LogP contribution in [0, 0.1) is 0 Å². The third-order valence-corrected chi connectivity index (χ3v) is 13.1.